The molecular formula is C23H21FN2O5S2. The number of amides is 1. The van der Waals surface area contributed by atoms with Gasteiger partial charge in [0.1, 0.15) is 10.8 Å². The van der Waals surface area contributed by atoms with Crippen LogP contribution >= 0.6 is 11.3 Å². The second-order valence-corrected chi connectivity index (χ2v) is 10.2. The number of carbonyl (C=O) groups is 2. The number of anilines is 2. The van der Waals surface area contributed by atoms with E-state index in [1.165, 1.54) is 35.6 Å². The number of esters is 1. The van der Waals surface area contributed by atoms with Gasteiger partial charge in [-0.3, -0.25) is 9.52 Å². The van der Waals surface area contributed by atoms with E-state index in [9.17, 15) is 22.4 Å². The first-order valence-electron chi connectivity index (χ1n) is 10.3. The summed E-state index contributed by atoms with van der Waals surface area (Å²) in [4.78, 5) is 26.4. The summed E-state index contributed by atoms with van der Waals surface area (Å²) in [6.45, 7) is 1.95. The molecule has 33 heavy (non-hydrogen) atoms. The zero-order valence-corrected chi connectivity index (χ0v) is 19.3. The van der Waals surface area contributed by atoms with E-state index in [1.807, 2.05) is 0 Å². The first-order valence-corrected chi connectivity index (χ1v) is 12.6. The second kappa shape index (κ2) is 9.32. The summed E-state index contributed by atoms with van der Waals surface area (Å²) in [5.74, 6) is -1.49. The lowest BCUT2D eigenvalue weighted by Crippen LogP contribution is -2.16. The van der Waals surface area contributed by atoms with Crippen LogP contribution in [0.3, 0.4) is 0 Å². The number of nitrogens with one attached hydrogen (secondary N) is 2. The molecule has 0 saturated carbocycles. The molecule has 0 fully saturated rings. The fourth-order valence-corrected chi connectivity index (χ4v) is 5.96. The number of fused-ring (bicyclic) bond motifs is 1. The Morgan fingerprint density at radius 1 is 1.12 bits per heavy atom. The molecule has 3 aromatic rings. The highest BCUT2D eigenvalue weighted by Crippen LogP contribution is 2.39. The minimum atomic E-state index is -3.96. The zero-order valence-electron chi connectivity index (χ0n) is 17.7. The maximum Gasteiger partial charge on any atom is 0.341 e. The topological polar surface area (TPSA) is 102 Å². The first-order chi connectivity index (χ1) is 15.8. The van der Waals surface area contributed by atoms with Crippen molar-refractivity contribution in [2.45, 2.75) is 31.1 Å². The Morgan fingerprint density at radius 3 is 2.61 bits per heavy atom. The van der Waals surface area contributed by atoms with E-state index in [-0.39, 0.29) is 22.8 Å². The molecule has 7 nitrogen and oxygen atoms in total. The van der Waals surface area contributed by atoms with Gasteiger partial charge in [0.15, 0.2) is 0 Å². The Morgan fingerprint density at radius 2 is 1.88 bits per heavy atom. The van der Waals surface area contributed by atoms with Crippen molar-refractivity contribution in [2.75, 3.05) is 16.6 Å². The smallest absolute Gasteiger partial charge is 0.341 e. The van der Waals surface area contributed by atoms with E-state index in [2.05, 4.69) is 10.0 Å². The maximum absolute atomic E-state index is 13.1. The van der Waals surface area contributed by atoms with Gasteiger partial charge in [-0.2, -0.15) is 0 Å². The molecule has 0 radical (unpaired) electrons. The van der Waals surface area contributed by atoms with Gasteiger partial charge in [0.2, 0.25) is 0 Å². The number of aryl methyl sites for hydroxylation is 1. The molecule has 2 aromatic carbocycles. The maximum atomic E-state index is 13.1. The number of ether oxygens (including phenoxy) is 1. The summed E-state index contributed by atoms with van der Waals surface area (Å²) >= 11 is 1.36. The quantitative estimate of drug-likeness (QED) is 0.473. The molecule has 0 saturated heterocycles. The van der Waals surface area contributed by atoms with Crippen LogP contribution in [0.5, 0.6) is 0 Å². The molecule has 0 unspecified atom stereocenters. The summed E-state index contributed by atoms with van der Waals surface area (Å²) in [5.41, 5.74) is 1.70. The summed E-state index contributed by atoms with van der Waals surface area (Å²) < 4.78 is 45.8. The van der Waals surface area contributed by atoms with Gasteiger partial charge in [0, 0.05) is 16.1 Å². The molecular weight excluding hydrogens is 467 g/mol. The standard InChI is InChI=1S/C23H21FN2O5S2/c1-2-31-23(28)20-18-7-4-8-19(18)32-22(20)25-21(27)14-5-3-6-16(13-14)26-33(29,30)17-11-9-15(24)10-12-17/h3,5-6,9-13,26H,2,4,7-8H2,1H3,(H,25,27). The minimum Gasteiger partial charge on any atom is -0.462 e. The SMILES string of the molecule is CCOC(=O)c1c(NC(=O)c2cccc(NS(=O)(=O)c3ccc(F)cc3)c2)sc2c1CCC2. The highest BCUT2D eigenvalue weighted by molar-refractivity contribution is 7.92. The van der Waals surface area contributed by atoms with Gasteiger partial charge >= 0.3 is 5.97 Å². The summed E-state index contributed by atoms with van der Waals surface area (Å²) in [6, 6.07) is 10.4. The number of thiophene rings is 1. The fraction of sp³-hybridized carbons (Fsp3) is 0.217. The Balaban J connectivity index is 1.56. The summed E-state index contributed by atoms with van der Waals surface area (Å²) in [6.07, 6.45) is 2.57. The summed E-state index contributed by atoms with van der Waals surface area (Å²) in [5, 5.41) is 3.21. The number of hydrogen-bond donors (Lipinski definition) is 2. The van der Waals surface area contributed by atoms with Crippen LogP contribution in [0, 0.1) is 5.82 Å². The van der Waals surface area contributed by atoms with Crippen molar-refractivity contribution in [1.82, 2.24) is 0 Å². The van der Waals surface area contributed by atoms with Gasteiger partial charge in [0.05, 0.1) is 17.1 Å². The van der Waals surface area contributed by atoms with E-state index in [1.54, 1.807) is 6.92 Å². The third-order valence-corrected chi connectivity index (χ3v) is 7.73. The van der Waals surface area contributed by atoms with Crippen molar-refractivity contribution >= 4 is 43.9 Å². The Bertz CT molecular complexity index is 1320. The molecule has 1 amide bonds. The Hall–Kier alpha value is -3.24. The number of sulfonamides is 1. The van der Waals surface area contributed by atoms with Crippen molar-refractivity contribution in [3.05, 3.63) is 75.9 Å². The van der Waals surface area contributed by atoms with Crippen LogP contribution in [-0.2, 0) is 27.6 Å². The highest BCUT2D eigenvalue weighted by atomic mass is 32.2. The van der Waals surface area contributed by atoms with Crippen LogP contribution in [0.25, 0.3) is 0 Å². The molecule has 4 rings (SSSR count). The molecule has 10 heteroatoms. The van der Waals surface area contributed by atoms with Crippen LogP contribution in [0.15, 0.2) is 53.4 Å². The molecule has 1 aromatic heterocycles. The molecule has 2 N–H and O–H groups in total. The van der Waals surface area contributed by atoms with Gasteiger partial charge < -0.3 is 10.1 Å². The lowest BCUT2D eigenvalue weighted by molar-refractivity contribution is 0.0527. The molecule has 1 heterocycles. The van der Waals surface area contributed by atoms with Crippen molar-refractivity contribution < 1.29 is 27.1 Å². The average molecular weight is 489 g/mol. The molecule has 0 spiro atoms. The molecule has 0 aliphatic heterocycles. The van der Waals surface area contributed by atoms with Gasteiger partial charge in [-0.25, -0.2) is 17.6 Å². The van der Waals surface area contributed by atoms with Crippen LogP contribution in [0.4, 0.5) is 15.1 Å². The van der Waals surface area contributed by atoms with E-state index < -0.39 is 27.7 Å². The van der Waals surface area contributed by atoms with Crippen LogP contribution in [0.2, 0.25) is 0 Å². The summed E-state index contributed by atoms with van der Waals surface area (Å²) in [7, 11) is -3.96. The van der Waals surface area contributed by atoms with Crippen LogP contribution in [-0.4, -0.2) is 26.9 Å². The van der Waals surface area contributed by atoms with Gasteiger partial charge in [0.25, 0.3) is 15.9 Å². The molecule has 0 bridgehead atoms. The predicted octanol–water partition coefficient (Wildman–Crippen LogP) is 4.61. The van der Waals surface area contributed by atoms with Crippen molar-refractivity contribution in [3.63, 3.8) is 0 Å². The van der Waals surface area contributed by atoms with E-state index in [4.69, 9.17) is 4.74 Å². The number of benzene rings is 2. The lowest BCUT2D eigenvalue weighted by Gasteiger charge is -2.11. The minimum absolute atomic E-state index is 0.106. The largest absolute Gasteiger partial charge is 0.462 e. The third-order valence-electron chi connectivity index (χ3n) is 5.13. The zero-order chi connectivity index (χ0) is 23.6. The average Bonchev–Trinajstić information content (AvgIpc) is 3.35. The molecule has 172 valence electrons. The number of halogens is 1. The van der Waals surface area contributed by atoms with Gasteiger partial charge in [-0.05, 0) is 74.2 Å². The van der Waals surface area contributed by atoms with Gasteiger partial charge in [-0.1, -0.05) is 6.07 Å². The van der Waals surface area contributed by atoms with E-state index >= 15 is 0 Å². The van der Waals surface area contributed by atoms with E-state index in [0.29, 0.717) is 10.6 Å². The third kappa shape index (κ3) is 4.91. The lowest BCUT2D eigenvalue weighted by atomic mass is 10.1. The Labute approximate surface area is 194 Å². The van der Waals surface area contributed by atoms with Crippen LogP contribution < -0.4 is 10.0 Å². The van der Waals surface area contributed by atoms with Crippen molar-refractivity contribution in [3.8, 4) is 0 Å². The monoisotopic (exact) mass is 488 g/mol. The highest BCUT2D eigenvalue weighted by Gasteiger charge is 2.28. The number of hydrogen-bond acceptors (Lipinski definition) is 6. The second-order valence-electron chi connectivity index (χ2n) is 7.38. The number of rotatable bonds is 7. The molecule has 0 atom stereocenters. The van der Waals surface area contributed by atoms with E-state index in [0.717, 1.165) is 54.0 Å². The normalized spacial score (nSPS) is 12.8. The van der Waals surface area contributed by atoms with Crippen LogP contribution in [0.1, 0.15) is 44.5 Å². The van der Waals surface area contributed by atoms with Gasteiger partial charge in [-0.15, -0.1) is 11.3 Å². The fourth-order valence-electron chi connectivity index (χ4n) is 3.64. The predicted molar refractivity (Wildman–Crippen MR) is 124 cm³/mol. The Kier molecular flexibility index (Phi) is 6.48. The van der Waals surface area contributed by atoms with Crippen molar-refractivity contribution in [1.29, 1.82) is 0 Å². The molecule has 1 aliphatic carbocycles. The first kappa shape index (κ1) is 22.9. The van der Waals surface area contributed by atoms with Crippen molar-refractivity contribution in [2.24, 2.45) is 0 Å². The molecule has 1 aliphatic rings. The number of carbonyl (C=O) groups excluding carboxylic acids is 2.